The number of aliphatic carboxylic acids is 1. The summed E-state index contributed by atoms with van der Waals surface area (Å²) in [7, 11) is 0. The number of nitrogens with zero attached hydrogens (tertiary/aromatic N) is 2. The molecule has 0 spiro atoms. The Bertz CT molecular complexity index is 577. The molecule has 0 bridgehead atoms. The van der Waals surface area contributed by atoms with E-state index in [1.54, 1.807) is 11.3 Å². The molecule has 2 unspecified atom stereocenters. The van der Waals surface area contributed by atoms with Gasteiger partial charge in [0.1, 0.15) is 0 Å². The van der Waals surface area contributed by atoms with Crippen LogP contribution in [0, 0.1) is 11.8 Å². The molecule has 1 fully saturated rings. The Labute approximate surface area is 115 Å². The minimum Gasteiger partial charge on any atom is -0.481 e. The molecule has 2 aromatic rings. The third kappa shape index (κ3) is 2.42. The van der Waals surface area contributed by atoms with Gasteiger partial charge in [-0.25, -0.2) is 4.98 Å². The first kappa shape index (κ1) is 12.4. The number of hydrogen-bond acceptors (Lipinski definition) is 4. The quantitative estimate of drug-likeness (QED) is 0.916. The van der Waals surface area contributed by atoms with E-state index < -0.39 is 5.97 Å². The minimum absolute atomic E-state index is 0.282. The first-order valence-corrected chi connectivity index (χ1v) is 7.28. The van der Waals surface area contributed by atoms with Gasteiger partial charge in [-0.15, -0.1) is 0 Å². The molecule has 0 saturated carbocycles. The fourth-order valence-electron chi connectivity index (χ4n) is 2.68. The molecule has 1 aromatic carbocycles. The second-order valence-electron chi connectivity index (χ2n) is 5.25. The lowest BCUT2D eigenvalue weighted by molar-refractivity contribution is -0.142. The smallest absolute Gasteiger partial charge is 0.308 e. The van der Waals surface area contributed by atoms with Gasteiger partial charge in [-0.1, -0.05) is 30.4 Å². The van der Waals surface area contributed by atoms with Gasteiger partial charge >= 0.3 is 5.97 Å². The lowest BCUT2D eigenvalue weighted by Crippen LogP contribution is -2.42. The Morgan fingerprint density at radius 1 is 1.42 bits per heavy atom. The zero-order chi connectivity index (χ0) is 13.4. The van der Waals surface area contributed by atoms with Crippen molar-refractivity contribution in [2.75, 3.05) is 18.0 Å². The van der Waals surface area contributed by atoms with E-state index in [-0.39, 0.29) is 5.92 Å². The van der Waals surface area contributed by atoms with Crippen LogP contribution < -0.4 is 4.90 Å². The molecule has 0 amide bonds. The number of thiazole rings is 1. The number of para-hydroxylation sites is 1. The van der Waals surface area contributed by atoms with Gasteiger partial charge in [0.15, 0.2) is 5.13 Å². The Kier molecular flexibility index (Phi) is 3.14. The van der Waals surface area contributed by atoms with Crippen molar-refractivity contribution >= 4 is 32.7 Å². The van der Waals surface area contributed by atoms with Gasteiger partial charge in [-0.2, -0.15) is 0 Å². The third-order valence-electron chi connectivity index (χ3n) is 3.56. The van der Waals surface area contributed by atoms with E-state index >= 15 is 0 Å². The molecule has 100 valence electrons. The average molecular weight is 276 g/mol. The lowest BCUT2D eigenvalue weighted by Gasteiger charge is -2.34. The summed E-state index contributed by atoms with van der Waals surface area (Å²) in [4.78, 5) is 17.9. The van der Waals surface area contributed by atoms with Crippen LogP contribution in [0.3, 0.4) is 0 Å². The number of carboxylic acid groups (broad SMARTS) is 1. The highest BCUT2D eigenvalue weighted by atomic mass is 32.1. The zero-order valence-corrected chi connectivity index (χ0v) is 11.6. The predicted molar refractivity (Wildman–Crippen MR) is 76.7 cm³/mol. The van der Waals surface area contributed by atoms with E-state index in [1.165, 1.54) is 0 Å². The number of carbonyl (C=O) groups is 1. The van der Waals surface area contributed by atoms with Crippen molar-refractivity contribution in [1.82, 2.24) is 4.98 Å². The van der Waals surface area contributed by atoms with Crippen molar-refractivity contribution in [3.05, 3.63) is 24.3 Å². The molecule has 19 heavy (non-hydrogen) atoms. The second-order valence-corrected chi connectivity index (χ2v) is 6.25. The highest BCUT2D eigenvalue weighted by Gasteiger charge is 2.30. The molecule has 1 saturated heterocycles. The van der Waals surface area contributed by atoms with Crippen LogP contribution in [0.2, 0.25) is 0 Å². The predicted octanol–water partition coefficient (Wildman–Crippen LogP) is 2.84. The third-order valence-corrected chi connectivity index (χ3v) is 4.66. The van der Waals surface area contributed by atoms with Gasteiger partial charge in [0.2, 0.25) is 0 Å². The Balaban J connectivity index is 1.89. The van der Waals surface area contributed by atoms with Crippen LogP contribution in [-0.2, 0) is 4.79 Å². The highest BCUT2D eigenvalue weighted by molar-refractivity contribution is 7.22. The normalized spacial score (nSPS) is 23.7. The fraction of sp³-hybridized carbons (Fsp3) is 0.429. The number of aromatic nitrogens is 1. The van der Waals surface area contributed by atoms with E-state index in [1.807, 2.05) is 18.2 Å². The number of fused-ring (bicyclic) bond motifs is 1. The number of benzene rings is 1. The second kappa shape index (κ2) is 4.81. The van der Waals surface area contributed by atoms with Crippen molar-refractivity contribution in [2.45, 2.75) is 13.3 Å². The maximum absolute atomic E-state index is 11.2. The summed E-state index contributed by atoms with van der Waals surface area (Å²) < 4.78 is 1.16. The van der Waals surface area contributed by atoms with Crippen molar-refractivity contribution in [1.29, 1.82) is 0 Å². The van der Waals surface area contributed by atoms with Crippen LogP contribution in [0.25, 0.3) is 10.2 Å². The van der Waals surface area contributed by atoms with Crippen molar-refractivity contribution in [3.63, 3.8) is 0 Å². The van der Waals surface area contributed by atoms with Crippen LogP contribution in [-0.4, -0.2) is 29.1 Å². The monoisotopic (exact) mass is 276 g/mol. The molecule has 1 aliphatic heterocycles. The molecule has 4 nitrogen and oxygen atoms in total. The summed E-state index contributed by atoms with van der Waals surface area (Å²) in [6.45, 7) is 3.57. The summed E-state index contributed by atoms with van der Waals surface area (Å²) in [6.07, 6.45) is 0.761. The van der Waals surface area contributed by atoms with E-state index in [2.05, 4.69) is 22.9 Å². The van der Waals surface area contributed by atoms with Gasteiger partial charge < -0.3 is 10.0 Å². The fourth-order valence-corrected chi connectivity index (χ4v) is 3.67. The first-order chi connectivity index (χ1) is 9.13. The number of anilines is 1. The standard InChI is InChI=1S/C14H16N2O2S/c1-9-6-10(13(17)18)8-16(7-9)14-15-11-4-2-3-5-12(11)19-14/h2-5,9-10H,6-8H2,1H3,(H,17,18). The van der Waals surface area contributed by atoms with Gasteiger partial charge in [-0.05, 0) is 24.5 Å². The molecule has 2 atom stereocenters. The maximum atomic E-state index is 11.2. The molecule has 1 aromatic heterocycles. The van der Waals surface area contributed by atoms with E-state index in [9.17, 15) is 9.90 Å². The number of piperidine rings is 1. The molecule has 5 heteroatoms. The van der Waals surface area contributed by atoms with Crippen molar-refractivity contribution < 1.29 is 9.90 Å². The molecular formula is C14H16N2O2S. The lowest BCUT2D eigenvalue weighted by atomic mass is 9.91. The number of rotatable bonds is 2. The number of hydrogen-bond donors (Lipinski definition) is 1. The summed E-state index contributed by atoms with van der Waals surface area (Å²) >= 11 is 1.64. The zero-order valence-electron chi connectivity index (χ0n) is 10.7. The molecular weight excluding hydrogens is 260 g/mol. The largest absolute Gasteiger partial charge is 0.481 e. The van der Waals surface area contributed by atoms with Crippen molar-refractivity contribution in [2.24, 2.45) is 11.8 Å². The maximum Gasteiger partial charge on any atom is 0.308 e. The summed E-state index contributed by atoms with van der Waals surface area (Å²) in [5, 5.41) is 10.2. The first-order valence-electron chi connectivity index (χ1n) is 6.47. The Hall–Kier alpha value is -1.62. The molecule has 2 heterocycles. The molecule has 1 N–H and O–H groups in total. The van der Waals surface area contributed by atoms with Gasteiger partial charge in [0.25, 0.3) is 0 Å². The molecule has 1 aliphatic rings. The van der Waals surface area contributed by atoms with E-state index in [4.69, 9.17) is 0 Å². The summed E-state index contributed by atoms with van der Waals surface area (Å²) in [6, 6.07) is 8.03. The molecule has 0 radical (unpaired) electrons. The summed E-state index contributed by atoms with van der Waals surface area (Å²) in [5.41, 5.74) is 0.993. The minimum atomic E-state index is -0.697. The van der Waals surface area contributed by atoms with Gasteiger partial charge in [0, 0.05) is 13.1 Å². The molecule has 3 rings (SSSR count). The topological polar surface area (TPSA) is 53.4 Å². The molecule has 0 aliphatic carbocycles. The summed E-state index contributed by atoms with van der Waals surface area (Å²) in [5.74, 6) is -0.588. The Morgan fingerprint density at radius 3 is 2.95 bits per heavy atom. The van der Waals surface area contributed by atoms with E-state index in [0.29, 0.717) is 12.5 Å². The van der Waals surface area contributed by atoms with Crippen molar-refractivity contribution in [3.8, 4) is 0 Å². The van der Waals surface area contributed by atoms with Gasteiger partial charge in [-0.3, -0.25) is 4.79 Å². The van der Waals surface area contributed by atoms with Crippen LogP contribution >= 0.6 is 11.3 Å². The van der Waals surface area contributed by atoms with Crippen LogP contribution in [0.15, 0.2) is 24.3 Å². The van der Waals surface area contributed by atoms with Crippen LogP contribution in [0.4, 0.5) is 5.13 Å². The van der Waals surface area contributed by atoms with Crippen LogP contribution in [0.1, 0.15) is 13.3 Å². The van der Waals surface area contributed by atoms with E-state index in [0.717, 1.165) is 28.3 Å². The number of carboxylic acids is 1. The van der Waals surface area contributed by atoms with Gasteiger partial charge in [0.05, 0.1) is 16.1 Å². The average Bonchev–Trinajstić information content (AvgIpc) is 2.81. The SMILES string of the molecule is CC1CC(C(=O)O)CN(c2nc3ccccc3s2)C1. The highest BCUT2D eigenvalue weighted by Crippen LogP contribution is 2.32. The van der Waals surface area contributed by atoms with Crippen LogP contribution in [0.5, 0.6) is 0 Å². The Morgan fingerprint density at radius 2 is 2.21 bits per heavy atom.